The molecule has 5 rings (SSSR count). The van der Waals surface area contributed by atoms with Crippen LogP contribution in [0.25, 0.3) is 11.5 Å². The second kappa shape index (κ2) is 12.1. The first-order chi connectivity index (χ1) is 18.5. The van der Waals surface area contributed by atoms with Gasteiger partial charge in [0, 0.05) is 31.6 Å². The van der Waals surface area contributed by atoms with Crippen LogP contribution in [0.4, 0.5) is 0 Å². The van der Waals surface area contributed by atoms with Gasteiger partial charge in [0.15, 0.2) is 0 Å². The van der Waals surface area contributed by atoms with Gasteiger partial charge in [-0.2, -0.15) is 0 Å². The van der Waals surface area contributed by atoms with Crippen molar-refractivity contribution >= 4 is 5.97 Å². The van der Waals surface area contributed by atoms with Crippen molar-refractivity contribution < 1.29 is 19.1 Å². The summed E-state index contributed by atoms with van der Waals surface area (Å²) in [7, 11) is 0. The zero-order chi connectivity index (χ0) is 26.3. The van der Waals surface area contributed by atoms with Crippen molar-refractivity contribution in [3.05, 3.63) is 108 Å². The number of carboxylic acids is 1. The van der Waals surface area contributed by atoms with Crippen LogP contribution in [-0.4, -0.2) is 40.7 Å². The van der Waals surface area contributed by atoms with Crippen LogP contribution in [0, 0.1) is 18.8 Å². The predicted molar refractivity (Wildman–Crippen MR) is 147 cm³/mol. The molecule has 0 bridgehead atoms. The van der Waals surface area contributed by atoms with Crippen molar-refractivity contribution in [2.24, 2.45) is 11.8 Å². The molecular formula is C32H34N2O4. The van der Waals surface area contributed by atoms with E-state index < -0.39 is 5.97 Å². The van der Waals surface area contributed by atoms with E-state index in [0.29, 0.717) is 25.5 Å². The van der Waals surface area contributed by atoms with E-state index >= 15 is 0 Å². The molecule has 1 aliphatic heterocycles. The molecule has 0 amide bonds. The molecule has 1 N–H and O–H groups in total. The van der Waals surface area contributed by atoms with E-state index in [1.807, 2.05) is 67.6 Å². The standard InChI is InChI=1S/C32H34N2O4/c1-23-30(33-31(38-23)26-10-6-3-7-11-26)18-19-37-28-16-13-24(14-17-28)12-15-27-21-34(22-29(27)32(35)36)20-25-8-4-2-5-9-25/h2-11,13-14,16-17,27,29H,12,15,18-22H2,1H3,(H,35,36)/t27-,29+/m1/s1. The quantitative estimate of drug-likeness (QED) is 0.265. The summed E-state index contributed by atoms with van der Waals surface area (Å²) in [6.45, 7) is 4.68. The number of rotatable bonds is 11. The summed E-state index contributed by atoms with van der Waals surface area (Å²) in [6, 6.07) is 28.3. The number of ether oxygens (including phenoxy) is 1. The van der Waals surface area contributed by atoms with Crippen molar-refractivity contribution in [1.82, 2.24) is 9.88 Å². The fourth-order valence-corrected chi connectivity index (χ4v) is 5.24. The fourth-order valence-electron chi connectivity index (χ4n) is 5.24. The van der Waals surface area contributed by atoms with Gasteiger partial charge in [0.05, 0.1) is 18.2 Å². The highest BCUT2D eigenvalue weighted by Gasteiger charge is 2.37. The van der Waals surface area contributed by atoms with Crippen LogP contribution in [0.2, 0.25) is 0 Å². The number of likely N-dealkylation sites (tertiary alicyclic amines) is 1. The monoisotopic (exact) mass is 510 g/mol. The molecule has 6 nitrogen and oxygen atoms in total. The van der Waals surface area contributed by atoms with Crippen LogP contribution in [0.5, 0.6) is 5.75 Å². The Bertz CT molecular complexity index is 1320. The number of carboxylic acid groups (broad SMARTS) is 1. The molecule has 2 heterocycles. The maximum atomic E-state index is 11.9. The van der Waals surface area contributed by atoms with Crippen molar-refractivity contribution in [1.29, 1.82) is 0 Å². The molecular weight excluding hydrogens is 476 g/mol. The van der Waals surface area contributed by atoms with Crippen LogP contribution in [0.3, 0.4) is 0 Å². The Morgan fingerprint density at radius 3 is 2.37 bits per heavy atom. The summed E-state index contributed by atoms with van der Waals surface area (Å²) in [5, 5.41) is 9.79. The summed E-state index contributed by atoms with van der Waals surface area (Å²) >= 11 is 0. The highest BCUT2D eigenvalue weighted by Crippen LogP contribution is 2.29. The molecule has 1 saturated heterocycles. The minimum Gasteiger partial charge on any atom is -0.493 e. The minimum absolute atomic E-state index is 0.151. The van der Waals surface area contributed by atoms with Crippen LogP contribution in [0.15, 0.2) is 89.3 Å². The molecule has 0 radical (unpaired) electrons. The lowest BCUT2D eigenvalue weighted by Crippen LogP contribution is -2.23. The minimum atomic E-state index is -0.687. The van der Waals surface area contributed by atoms with Gasteiger partial charge in [-0.25, -0.2) is 4.98 Å². The molecule has 0 aliphatic carbocycles. The normalized spacial score (nSPS) is 17.5. The molecule has 4 aromatic rings. The molecule has 0 spiro atoms. The van der Waals surface area contributed by atoms with E-state index in [9.17, 15) is 9.90 Å². The van der Waals surface area contributed by atoms with Crippen molar-refractivity contribution in [2.75, 3.05) is 19.7 Å². The summed E-state index contributed by atoms with van der Waals surface area (Å²) in [5.74, 6) is 1.42. The second-order valence-corrected chi connectivity index (χ2v) is 10.1. The smallest absolute Gasteiger partial charge is 0.308 e. The first-order valence-corrected chi connectivity index (χ1v) is 13.3. The third kappa shape index (κ3) is 6.50. The molecule has 6 heteroatoms. The Morgan fingerprint density at radius 2 is 1.66 bits per heavy atom. The Kier molecular flexibility index (Phi) is 8.19. The number of oxazole rings is 1. The Balaban J connectivity index is 1.10. The van der Waals surface area contributed by atoms with Gasteiger partial charge in [0.25, 0.3) is 0 Å². The topological polar surface area (TPSA) is 75.8 Å². The van der Waals surface area contributed by atoms with Crippen molar-refractivity contribution in [3.63, 3.8) is 0 Å². The zero-order valence-corrected chi connectivity index (χ0v) is 21.8. The Hall–Kier alpha value is -3.90. The summed E-state index contributed by atoms with van der Waals surface area (Å²) < 4.78 is 11.8. The third-order valence-corrected chi connectivity index (χ3v) is 7.33. The number of aliphatic carboxylic acids is 1. The molecule has 0 saturated carbocycles. The van der Waals surface area contributed by atoms with Crippen LogP contribution < -0.4 is 4.74 Å². The van der Waals surface area contributed by atoms with Crippen molar-refractivity contribution in [3.8, 4) is 17.2 Å². The third-order valence-electron chi connectivity index (χ3n) is 7.33. The molecule has 196 valence electrons. The Morgan fingerprint density at radius 1 is 0.947 bits per heavy atom. The molecule has 3 aromatic carbocycles. The van der Waals surface area contributed by atoms with Gasteiger partial charge in [-0.15, -0.1) is 0 Å². The lowest BCUT2D eigenvalue weighted by atomic mass is 9.90. The number of benzene rings is 3. The van der Waals surface area contributed by atoms with Crippen LogP contribution >= 0.6 is 0 Å². The van der Waals surface area contributed by atoms with Gasteiger partial charge >= 0.3 is 5.97 Å². The van der Waals surface area contributed by atoms with Gasteiger partial charge in [0.2, 0.25) is 5.89 Å². The summed E-state index contributed by atoms with van der Waals surface area (Å²) in [5.41, 5.74) is 4.30. The van der Waals surface area contributed by atoms with Gasteiger partial charge < -0.3 is 14.3 Å². The van der Waals surface area contributed by atoms with E-state index in [1.165, 1.54) is 11.1 Å². The molecule has 1 aliphatic rings. The van der Waals surface area contributed by atoms with Gasteiger partial charge in [-0.05, 0) is 61.1 Å². The number of aromatic nitrogens is 1. The SMILES string of the molecule is Cc1oc(-c2ccccc2)nc1CCOc1ccc(CC[C@@H]2CN(Cc3ccccc3)C[C@@H]2C(=O)O)cc1. The zero-order valence-electron chi connectivity index (χ0n) is 21.8. The Labute approximate surface area is 223 Å². The average molecular weight is 511 g/mol. The molecule has 38 heavy (non-hydrogen) atoms. The lowest BCUT2D eigenvalue weighted by molar-refractivity contribution is -0.142. The summed E-state index contributed by atoms with van der Waals surface area (Å²) in [4.78, 5) is 18.8. The summed E-state index contributed by atoms with van der Waals surface area (Å²) in [6.07, 6.45) is 2.38. The van der Waals surface area contributed by atoms with Gasteiger partial charge in [-0.3, -0.25) is 9.69 Å². The first-order valence-electron chi connectivity index (χ1n) is 13.3. The highest BCUT2D eigenvalue weighted by molar-refractivity contribution is 5.71. The fraction of sp³-hybridized carbons (Fsp3) is 0.312. The number of aryl methyl sites for hydroxylation is 2. The average Bonchev–Trinajstić information content (AvgIpc) is 3.52. The largest absolute Gasteiger partial charge is 0.493 e. The number of nitrogens with zero attached hydrogens (tertiary/aromatic N) is 2. The number of hydrogen-bond donors (Lipinski definition) is 1. The molecule has 2 atom stereocenters. The van der Waals surface area contributed by atoms with Crippen LogP contribution in [-0.2, 0) is 24.2 Å². The first kappa shape index (κ1) is 25.7. The molecule has 1 fully saturated rings. The van der Waals surface area contributed by atoms with Crippen LogP contribution in [0.1, 0.15) is 29.0 Å². The number of hydrogen-bond acceptors (Lipinski definition) is 5. The lowest BCUT2D eigenvalue weighted by Gasteiger charge is -2.16. The maximum Gasteiger partial charge on any atom is 0.308 e. The van der Waals surface area contributed by atoms with Crippen molar-refractivity contribution in [2.45, 2.75) is 32.7 Å². The molecule has 0 unspecified atom stereocenters. The van der Waals surface area contributed by atoms with E-state index in [2.05, 4.69) is 34.1 Å². The van der Waals surface area contributed by atoms with E-state index in [1.54, 1.807) is 0 Å². The van der Waals surface area contributed by atoms with E-state index in [-0.39, 0.29) is 11.8 Å². The van der Waals surface area contributed by atoms with Gasteiger partial charge in [-0.1, -0.05) is 60.7 Å². The van der Waals surface area contributed by atoms with E-state index in [4.69, 9.17) is 9.15 Å². The maximum absolute atomic E-state index is 11.9. The van der Waals surface area contributed by atoms with E-state index in [0.717, 1.165) is 48.7 Å². The predicted octanol–water partition coefficient (Wildman–Crippen LogP) is 6.04. The molecule has 1 aromatic heterocycles. The van der Waals surface area contributed by atoms with Gasteiger partial charge in [0.1, 0.15) is 11.5 Å². The second-order valence-electron chi connectivity index (χ2n) is 10.1. The number of carbonyl (C=O) groups is 1. The highest BCUT2D eigenvalue weighted by atomic mass is 16.5.